The summed E-state index contributed by atoms with van der Waals surface area (Å²) in [5.41, 5.74) is 0. The average molecular weight is 251 g/mol. The Bertz CT molecular complexity index is 26.5. The van der Waals surface area contributed by atoms with Gasteiger partial charge in [-0.05, 0) is 12.8 Å². The molecule has 0 bridgehead atoms. The van der Waals surface area contributed by atoms with Crippen LogP contribution < -0.4 is 0 Å². The summed E-state index contributed by atoms with van der Waals surface area (Å²) in [6.07, 6.45) is 1.75. The smallest absolute Gasteiger partial charge is 0.0428 e. The van der Waals surface area contributed by atoms with Gasteiger partial charge < -0.3 is 10.2 Å². The molecular formula is C6H18F2O2Zr. The van der Waals surface area contributed by atoms with Crippen LogP contribution in [0.15, 0.2) is 0 Å². The van der Waals surface area contributed by atoms with Gasteiger partial charge in [-0.1, -0.05) is 13.8 Å². The van der Waals surface area contributed by atoms with E-state index in [4.69, 9.17) is 10.2 Å². The van der Waals surface area contributed by atoms with Gasteiger partial charge in [0.1, 0.15) is 0 Å². The quantitative estimate of drug-likeness (QED) is 0.771. The Morgan fingerprint density at radius 3 is 0.909 bits per heavy atom. The summed E-state index contributed by atoms with van der Waals surface area (Å²) in [7, 11) is 0. The van der Waals surface area contributed by atoms with E-state index in [9.17, 15) is 0 Å². The van der Waals surface area contributed by atoms with Crippen LogP contribution in [0, 0.1) is 0 Å². The Morgan fingerprint density at radius 1 is 0.818 bits per heavy atom. The zero-order chi connectivity index (χ0) is 6.83. The monoisotopic (exact) mass is 250 g/mol. The molecule has 2 nitrogen and oxygen atoms in total. The molecule has 0 aliphatic heterocycles. The van der Waals surface area contributed by atoms with Crippen LogP contribution in [0.2, 0.25) is 0 Å². The third kappa shape index (κ3) is 113. The Hall–Kier alpha value is 0.663. The summed E-state index contributed by atoms with van der Waals surface area (Å²) in [5.74, 6) is 0. The molecule has 5 heteroatoms. The Balaban J connectivity index is -0.0000000171. The summed E-state index contributed by atoms with van der Waals surface area (Å²) in [4.78, 5) is 0. The molecule has 0 fully saturated rings. The van der Waals surface area contributed by atoms with Gasteiger partial charge in [0, 0.05) is 39.4 Å². The molecule has 0 aliphatic rings. The second-order valence-corrected chi connectivity index (χ2v) is 1.45. The summed E-state index contributed by atoms with van der Waals surface area (Å²) < 4.78 is 0. The van der Waals surface area contributed by atoms with E-state index in [1.165, 1.54) is 0 Å². The van der Waals surface area contributed by atoms with Crippen LogP contribution >= 0.6 is 0 Å². The zero-order valence-electron chi connectivity index (χ0n) is 7.04. The number of rotatable bonds is 2. The van der Waals surface area contributed by atoms with E-state index in [0.29, 0.717) is 13.2 Å². The minimum absolute atomic E-state index is 0. The number of aliphatic hydroxyl groups excluding tert-OH is 2. The van der Waals surface area contributed by atoms with E-state index in [1.807, 2.05) is 13.8 Å². The fraction of sp³-hybridized carbons (Fsp3) is 1.00. The molecule has 0 amide bonds. The molecule has 0 rings (SSSR count). The summed E-state index contributed by atoms with van der Waals surface area (Å²) in [5, 5.41) is 15.8. The minimum atomic E-state index is 0. The second kappa shape index (κ2) is 45.8. The summed E-state index contributed by atoms with van der Waals surface area (Å²) in [6, 6.07) is 0. The molecule has 0 aromatic carbocycles. The number of halogens is 2. The Labute approximate surface area is 85.9 Å². The summed E-state index contributed by atoms with van der Waals surface area (Å²) in [6.45, 7) is 4.50. The molecule has 0 atom stereocenters. The SMILES string of the molecule is CCCO.CCCO.F.F.[Zr]. The average Bonchev–Trinajstić information content (AvgIpc) is 1.88. The third-order valence-corrected chi connectivity index (χ3v) is 0.447. The van der Waals surface area contributed by atoms with Gasteiger partial charge in [-0.3, -0.25) is 9.41 Å². The van der Waals surface area contributed by atoms with Crippen molar-refractivity contribution in [3.8, 4) is 0 Å². The summed E-state index contributed by atoms with van der Waals surface area (Å²) >= 11 is 0. The molecule has 0 saturated carbocycles. The molecule has 0 unspecified atom stereocenters. The normalized spacial score (nSPS) is 5.45. The van der Waals surface area contributed by atoms with Crippen molar-refractivity contribution in [1.82, 2.24) is 0 Å². The van der Waals surface area contributed by atoms with E-state index in [2.05, 4.69) is 0 Å². The van der Waals surface area contributed by atoms with Gasteiger partial charge in [-0.25, -0.2) is 0 Å². The number of hydrogen-bond donors (Lipinski definition) is 2. The van der Waals surface area contributed by atoms with E-state index in [-0.39, 0.29) is 35.6 Å². The standard InChI is InChI=1S/2C3H8O.2FH.Zr/c2*1-2-3-4;;;/h2*4H,2-3H2,1H3;2*1H;. The first-order chi connectivity index (χ1) is 3.83. The van der Waals surface area contributed by atoms with Crippen LogP contribution in [0.25, 0.3) is 0 Å². The third-order valence-electron chi connectivity index (χ3n) is 0.447. The molecule has 11 heavy (non-hydrogen) atoms. The van der Waals surface area contributed by atoms with Crippen LogP contribution in [0.4, 0.5) is 9.41 Å². The maximum absolute atomic E-state index is 7.88. The van der Waals surface area contributed by atoms with Crippen LogP contribution in [-0.2, 0) is 26.2 Å². The van der Waals surface area contributed by atoms with Crippen molar-refractivity contribution in [3.63, 3.8) is 0 Å². The molecule has 0 saturated heterocycles. The molecule has 0 aromatic heterocycles. The van der Waals surface area contributed by atoms with E-state index >= 15 is 0 Å². The van der Waals surface area contributed by atoms with Crippen molar-refractivity contribution in [2.45, 2.75) is 26.7 Å². The van der Waals surface area contributed by atoms with Crippen LogP contribution in [0.1, 0.15) is 26.7 Å². The van der Waals surface area contributed by atoms with Crippen LogP contribution in [-0.4, -0.2) is 23.4 Å². The second-order valence-electron chi connectivity index (χ2n) is 1.45. The van der Waals surface area contributed by atoms with E-state index < -0.39 is 0 Å². The molecule has 2 N–H and O–H groups in total. The topological polar surface area (TPSA) is 40.5 Å². The predicted molar refractivity (Wildman–Crippen MR) is 39.8 cm³/mol. The zero-order valence-corrected chi connectivity index (χ0v) is 9.50. The first-order valence-electron chi connectivity index (χ1n) is 3.05. The molecular weight excluding hydrogens is 233 g/mol. The van der Waals surface area contributed by atoms with Crippen molar-refractivity contribution in [1.29, 1.82) is 0 Å². The van der Waals surface area contributed by atoms with Crippen molar-refractivity contribution >= 4 is 0 Å². The van der Waals surface area contributed by atoms with E-state index in [1.54, 1.807) is 0 Å². The maximum Gasteiger partial charge on any atom is 0.0428 e. The predicted octanol–water partition coefficient (Wildman–Crippen LogP) is 1.08. The number of aliphatic hydroxyl groups is 2. The fourth-order valence-electron chi connectivity index (χ4n) is 0. The van der Waals surface area contributed by atoms with Gasteiger partial charge in [-0.2, -0.15) is 0 Å². The Kier molecular flexibility index (Phi) is 124. The van der Waals surface area contributed by atoms with Crippen molar-refractivity contribution < 1.29 is 45.8 Å². The first kappa shape index (κ1) is 29.9. The molecule has 0 spiro atoms. The number of hydrogen-bond acceptors (Lipinski definition) is 2. The maximum atomic E-state index is 7.88. The van der Waals surface area contributed by atoms with Crippen molar-refractivity contribution in [2.75, 3.05) is 13.2 Å². The molecule has 0 radical (unpaired) electrons. The minimum Gasteiger partial charge on any atom is -0.396 e. The molecule has 72 valence electrons. The van der Waals surface area contributed by atoms with Gasteiger partial charge >= 0.3 is 0 Å². The van der Waals surface area contributed by atoms with Gasteiger partial charge in [0.05, 0.1) is 0 Å². The van der Waals surface area contributed by atoms with E-state index in [0.717, 1.165) is 12.8 Å². The van der Waals surface area contributed by atoms with Crippen LogP contribution in [0.3, 0.4) is 0 Å². The Morgan fingerprint density at radius 2 is 0.909 bits per heavy atom. The fourth-order valence-corrected chi connectivity index (χ4v) is 0. The van der Waals surface area contributed by atoms with Gasteiger partial charge in [-0.15, -0.1) is 0 Å². The van der Waals surface area contributed by atoms with Crippen LogP contribution in [0.5, 0.6) is 0 Å². The molecule has 0 aliphatic carbocycles. The van der Waals surface area contributed by atoms with Gasteiger partial charge in [0.2, 0.25) is 0 Å². The largest absolute Gasteiger partial charge is 0.396 e. The van der Waals surface area contributed by atoms with Crippen molar-refractivity contribution in [2.24, 2.45) is 0 Å². The van der Waals surface area contributed by atoms with Gasteiger partial charge in [0.25, 0.3) is 0 Å². The molecule has 0 heterocycles. The molecule has 0 aromatic rings. The first-order valence-corrected chi connectivity index (χ1v) is 3.05. The van der Waals surface area contributed by atoms with Crippen molar-refractivity contribution in [3.05, 3.63) is 0 Å². The van der Waals surface area contributed by atoms with Gasteiger partial charge in [0.15, 0.2) is 0 Å².